The molecule has 0 atom stereocenters. The number of hydrogen-bond donors (Lipinski definition) is 1. The maximum Gasteiger partial charge on any atom is 1.00 e. The SMILES string of the molecule is CC(C)CCCCC(=O)O.[H-].[H-].[Na+].[Na+]. The summed E-state index contributed by atoms with van der Waals surface area (Å²) in [5, 5.41) is 8.28. The van der Waals surface area contributed by atoms with Crippen molar-refractivity contribution >= 4 is 5.97 Å². The van der Waals surface area contributed by atoms with Crippen molar-refractivity contribution in [3.63, 3.8) is 0 Å². The van der Waals surface area contributed by atoms with E-state index in [1.807, 2.05) is 0 Å². The first-order chi connectivity index (χ1) is 4.63. The Labute approximate surface area is 122 Å². The van der Waals surface area contributed by atoms with E-state index < -0.39 is 5.97 Å². The molecule has 4 heteroatoms. The molecular formula is C8H18Na2O2. The number of rotatable bonds is 5. The van der Waals surface area contributed by atoms with Crippen LogP contribution in [-0.4, -0.2) is 11.1 Å². The Hall–Kier alpha value is 1.47. The molecule has 0 saturated heterocycles. The van der Waals surface area contributed by atoms with Crippen LogP contribution in [0.3, 0.4) is 0 Å². The van der Waals surface area contributed by atoms with Crippen molar-refractivity contribution in [3.8, 4) is 0 Å². The second kappa shape index (κ2) is 12.5. The summed E-state index contributed by atoms with van der Waals surface area (Å²) < 4.78 is 0. The van der Waals surface area contributed by atoms with Gasteiger partial charge in [-0.25, -0.2) is 0 Å². The van der Waals surface area contributed by atoms with E-state index in [2.05, 4.69) is 13.8 Å². The Morgan fingerprint density at radius 1 is 1.33 bits per heavy atom. The fourth-order valence-electron chi connectivity index (χ4n) is 0.829. The van der Waals surface area contributed by atoms with Crippen LogP contribution in [0.2, 0.25) is 0 Å². The summed E-state index contributed by atoms with van der Waals surface area (Å²) in [7, 11) is 0. The third kappa shape index (κ3) is 17.5. The molecule has 0 radical (unpaired) electrons. The molecule has 0 aliphatic heterocycles. The van der Waals surface area contributed by atoms with E-state index in [9.17, 15) is 4.79 Å². The van der Waals surface area contributed by atoms with E-state index in [0.29, 0.717) is 12.3 Å². The molecule has 0 amide bonds. The fraction of sp³-hybridized carbons (Fsp3) is 0.875. The molecule has 0 aliphatic rings. The van der Waals surface area contributed by atoms with E-state index in [1.165, 1.54) is 0 Å². The zero-order valence-electron chi connectivity index (χ0n) is 10.8. The largest absolute Gasteiger partial charge is 1.00 e. The second-order valence-corrected chi connectivity index (χ2v) is 3.03. The first-order valence-electron chi connectivity index (χ1n) is 3.84. The molecule has 0 saturated carbocycles. The van der Waals surface area contributed by atoms with E-state index in [-0.39, 0.29) is 62.0 Å². The van der Waals surface area contributed by atoms with E-state index in [4.69, 9.17) is 5.11 Å². The summed E-state index contributed by atoms with van der Waals surface area (Å²) in [5.74, 6) is 0.0255. The molecule has 0 aromatic rings. The minimum absolute atomic E-state index is 0. The third-order valence-corrected chi connectivity index (χ3v) is 1.42. The van der Waals surface area contributed by atoms with Crippen LogP contribution in [0.1, 0.15) is 42.4 Å². The van der Waals surface area contributed by atoms with Gasteiger partial charge in [-0.15, -0.1) is 0 Å². The van der Waals surface area contributed by atoms with Crippen molar-refractivity contribution in [1.82, 2.24) is 0 Å². The monoisotopic (exact) mass is 192 g/mol. The van der Waals surface area contributed by atoms with Crippen molar-refractivity contribution < 1.29 is 71.9 Å². The van der Waals surface area contributed by atoms with Crippen molar-refractivity contribution in [2.24, 2.45) is 5.92 Å². The van der Waals surface area contributed by atoms with Gasteiger partial charge in [-0.3, -0.25) is 4.79 Å². The first kappa shape index (κ1) is 19.1. The summed E-state index contributed by atoms with van der Waals surface area (Å²) in [6, 6.07) is 0. The average Bonchev–Trinajstić information content (AvgIpc) is 1.79. The molecule has 0 unspecified atom stereocenters. The molecule has 2 nitrogen and oxygen atoms in total. The second-order valence-electron chi connectivity index (χ2n) is 3.03. The molecule has 0 bridgehead atoms. The Morgan fingerprint density at radius 2 is 1.83 bits per heavy atom. The van der Waals surface area contributed by atoms with Crippen LogP contribution in [-0.2, 0) is 4.79 Å². The first-order valence-corrected chi connectivity index (χ1v) is 3.84. The topological polar surface area (TPSA) is 37.3 Å². The number of carbonyl (C=O) groups is 1. The van der Waals surface area contributed by atoms with Crippen molar-refractivity contribution in [2.45, 2.75) is 39.5 Å². The standard InChI is InChI=1S/C8H16O2.2Na.2H/c1-7(2)5-3-4-6-8(9)10;;;;/h7H,3-6H2,1-2H3,(H,9,10);;;;/q;2*+1;2*-1. The van der Waals surface area contributed by atoms with Gasteiger partial charge in [-0.05, 0) is 12.3 Å². The molecule has 0 aromatic heterocycles. The predicted octanol–water partition coefficient (Wildman–Crippen LogP) is -3.48. The van der Waals surface area contributed by atoms with Crippen LogP contribution in [0.15, 0.2) is 0 Å². The zero-order valence-corrected chi connectivity index (χ0v) is 12.8. The molecule has 64 valence electrons. The third-order valence-electron chi connectivity index (χ3n) is 1.42. The van der Waals surface area contributed by atoms with Crippen LogP contribution in [0.4, 0.5) is 0 Å². The quantitative estimate of drug-likeness (QED) is 0.363. The molecule has 0 aromatic carbocycles. The number of unbranched alkanes of at least 4 members (excludes halogenated alkanes) is 1. The van der Waals surface area contributed by atoms with Crippen LogP contribution >= 0.6 is 0 Å². The zero-order chi connectivity index (χ0) is 7.98. The number of hydrogen-bond acceptors (Lipinski definition) is 1. The molecule has 0 rings (SSSR count). The van der Waals surface area contributed by atoms with Gasteiger partial charge in [0.15, 0.2) is 0 Å². The summed E-state index contributed by atoms with van der Waals surface area (Å²) in [5.41, 5.74) is 0. The molecule has 1 N–H and O–H groups in total. The summed E-state index contributed by atoms with van der Waals surface area (Å²) in [4.78, 5) is 10.0. The van der Waals surface area contributed by atoms with Gasteiger partial charge in [0.05, 0.1) is 0 Å². The van der Waals surface area contributed by atoms with Gasteiger partial charge in [0.1, 0.15) is 0 Å². The van der Waals surface area contributed by atoms with Gasteiger partial charge in [0, 0.05) is 6.42 Å². The number of carboxylic acid groups (broad SMARTS) is 1. The Balaban J connectivity index is -0.0000000675. The normalized spacial score (nSPS) is 8.58. The molecular weight excluding hydrogens is 174 g/mol. The van der Waals surface area contributed by atoms with Gasteiger partial charge >= 0.3 is 65.1 Å². The van der Waals surface area contributed by atoms with Crippen LogP contribution in [0, 0.1) is 5.92 Å². The summed E-state index contributed by atoms with van der Waals surface area (Å²) in [6.45, 7) is 4.31. The van der Waals surface area contributed by atoms with E-state index in [1.54, 1.807) is 0 Å². The average molecular weight is 192 g/mol. The van der Waals surface area contributed by atoms with Gasteiger partial charge in [0.2, 0.25) is 0 Å². The number of aliphatic carboxylic acids is 1. The Morgan fingerprint density at radius 3 is 2.17 bits per heavy atom. The van der Waals surface area contributed by atoms with E-state index >= 15 is 0 Å². The summed E-state index contributed by atoms with van der Waals surface area (Å²) >= 11 is 0. The van der Waals surface area contributed by atoms with Gasteiger partial charge in [0.25, 0.3) is 0 Å². The minimum atomic E-state index is -0.677. The molecule has 0 spiro atoms. The summed E-state index contributed by atoms with van der Waals surface area (Å²) in [6.07, 6.45) is 3.34. The van der Waals surface area contributed by atoms with Gasteiger partial charge in [-0.2, -0.15) is 0 Å². The fourth-order valence-corrected chi connectivity index (χ4v) is 0.829. The maximum absolute atomic E-state index is 10.0. The Bertz CT molecular complexity index is 114. The number of carboxylic acids is 1. The van der Waals surface area contributed by atoms with Crippen molar-refractivity contribution in [2.75, 3.05) is 0 Å². The Kier molecular flexibility index (Phi) is 19.9. The molecule has 0 fully saturated rings. The van der Waals surface area contributed by atoms with Crippen molar-refractivity contribution in [1.29, 1.82) is 0 Å². The predicted molar refractivity (Wildman–Crippen MR) is 43.2 cm³/mol. The van der Waals surface area contributed by atoms with Crippen LogP contribution < -0.4 is 59.1 Å². The van der Waals surface area contributed by atoms with E-state index in [0.717, 1.165) is 19.3 Å². The van der Waals surface area contributed by atoms with Gasteiger partial charge < -0.3 is 7.96 Å². The van der Waals surface area contributed by atoms with Crippen LogP contribution in [0.25, 0.3) is 0 Å². The molecule has 12 heavy (non-hydrogen) atoms. The molecule has 0 heterocycles. The van der Waals surface area contributed by atoms with Crippen molar-refractivity contribution in [3.05, 3.63) is 0 Å². The minimum Gasteiger partial charge on any atom is -1.00 e. The maximum atomic E-state index is 10.0. The van der Waals surface area contributed by atoms with Gasteiger partial charge in [-0.1, -0.05) is 26.7 Å². The molecule has 0 aliphatic carbocycles. The smallest absolute Gasteiger partial charge is 1.00 e. The van der Waals surface area contributed by atoms with Crippen LogP contribution in [0.5, 0.6) is 0 Å².